The quantitative estimate of drug-likeness (QED) is 0.293. The molecule has 40 heavy (non-hydrogen) atoms. The SMILES string of the molecule is CC(=O)SC(CCCN1C(=O)c2ccccc2C1=O)C(=O)N[C@@H](CC(C)C)C(=O)N[C@@H](CC(C)C)c1ncc[nH]1. The van der Waals surface area contributed by atoms with Gasteiger partial charge in [0.1, 0.15) is 11.9 Å². The normalized spacial score (nSPS) is 15.2. The molecule has 216 valence electrons. The zero-order chi connectivity index (χ0) is 29.4. The van der Waals surface area contributed by atoms with Gasteiger partial charge in [-0.1, -0.05) is 51.6 Å². The fraction of sp³-hybridized carbons (Fsp3) is 0.517. The first-order valence-corrected chi connectivity index (χ1v) is 14.6. The summed E-state index contributed by atoms with van der Waals surface area (Å²) < 4.78 is 0. The molecule has 0 bridgehead atoms. The maximum Gasteiger partial charge on any atom is 0.261 e. The van der Waals surface area contributed by atoms with Crippen molar-refractivity contribution in [3.63, 3.8) is 0 Å². The standard InChI is InChI=1S/C29H39N5O5S/c1-17(2)15-22(25-30-12-13-31-25)32-26(36)23(16-18(3)4)33-27(37)24(40-19(5)35)11-8-14-34-28(38)20-9-6-7-10-21(20)29(34)39/h6-7,9-10,12-13,17-18,22-24H,8,11,14-16H2,1-5H3,(H,30,31)(H,32,36)(H,33,37)/t22-,23-,24?/m0/s1. The van der Waals surface area contributed by atoms with Crippen LogP contribution in [0.5, 0.6) is 0 Å². The number of carbonyl (C=O) groups is 5. The van der Waals surface area contributed by atoms with E-state index in [0.717, 1.165) is 11.8 Å². The number of thioether (sulfide) groups is 1. The Bertz CT molecular complexity index is 1180. The smallest absolute Gasteiger partial charge is 0.261 e. The molecule has 11 heteroatoms. The zero-order valence-electron chi connectivity index (χ0n) is 23.7. The molecule has 0 aliphatic carbocycles. The number of hydrogen-bond donors (Lipinski definition) is 3. The van der Waals surface area contributed by atoms with Gasteiger partial charge in [0.25, 0.3) is 11.8 Å². The second-order valence-electron chi connectivity index (χ2n) is 10.9. The van der Waals surface area contributed by atoms with Crippen molar-refractivity contribution in [1.29, 1.82) is 0 Å². The van der Waals surface area contributed by atoms with Gasteiger partial charge in [-0.3, -0.25) is 28.9 Å². The summed E-state index contributed by atoms with van der Waals surface area (Å²) in [5.74, 6) is -0.398. The predicted octanol–water partition coefficient (Wildman–Crippen LogP) is 3.87. The number of aromatic nitrogens is 2. The van der Waals surface area contributed by atoms with Gasteiger partial charge in [-0.25, -0.2) is 4.98 Å². The van der Waals surface area contributed by atoms with Crippen LogP contribution < -0.4 is 10.6 Å². The fourth-order valence-electron chi connectivity index (χ4n) is 4.74. The summed E-state index contributed by atoms with van der Waals surface area (Å²) in [6, 6.07) is 5.52. The topological polar surface area (TPSA) is 141 Å². The van der Waals surface area contributed by atoms with E-state index in [1.54, 1.807) is 36.7 Å². The largest absolute Gasteiger partial charge is 0.347 e. The molecular weight excluding hydrogens is 530 g/mol. The minimum Gasteiger partial charge on any atom is -0.347 e. The van der Waals surface area contributed by atoms with Crippen LogP contribution in [0.3, 0.4) is 0 Å². The molecule has 10 nitrogen and oxygen atoms in total. The Kier molecular flexibility index (Phi) is 11.1. The van der Waals surface area contributed by atoms with E-state index in [1.807, 2.05) is 13.8 Å². The zero-order valence-corrected chi connectivity index (χ0v) is 24.5. The Hall–Kier alpha value is -3.47. The van der Waals surface area contributed by atoms with E-state index < -0.39 is 17.2 Å². The van der Waals surface area contributed by atoms with Crippen LogP contribution in [0.15, 0.2) is 36.7 Å². The Labute approximate surface area is 239 Å². The minimum absolute atomic E-state index is 0.121. The highest BCUT2D eigenvalue weighted by Gasteiger charge is 2.35. The van der Waals surface area contributed by atoms with E-state index in [9.17, 15) is 24.0 Å². The van der Waals surface area contributed by atoms with Crippen LogP contribution in [0.1, 0.15) is 92.9 Å². The lowest BCUT2D eigenvalue weighted by atomic mass is 10.00. The summed E-state index contributed by atoms with van der Waals surface area (Å²) in [5, 5.41) is 4.90. The van der Waals surface area contributed by atoms with E-state index in [-0.39, 0.29) is 47.8 Å². The lowest BCUT2D eigenvalue weighted by molar-refractivity contribution is -0.129. The second-order valence-corrected chi connectivity index (χ2v) is 12.3. The summed E-state index contributed by atoms with van der Waals surface area (Å²) in [6.45, 7) is 9.56. The molecule has 4 amide bonds. The summed E-state index contributed by atoms with van der Waals surface area (Å²) in [5.41, 5.74) is 0.737. The number of hydrogen-bond acceptors (Lipinski definition) is 7. The van der Waals surface area contributed by atoms with Crippen molar-refractivity contribution in [3.05, 3.63) is 53.6 Å². The molecule has 0 fully saturated rings. The van der Waals surface area contributed by atoms with Crippen LogP contribution in [-0.2, 0) is 14.4 Å². The molecule has 3 rings (SSSR count). The number of nitrogens with zero attached hydrogens (tertiary/aromatic N) is 2. The molecule has 1 aliphatic rings. The van der Waals surface area contributed by atoms with Crippen LogP contribution in [0.2, 0.25) is 0 Å². The Morgan fingerprint density at radius 1 is 0.950 bits per heavy atom. The number of aromatic amines is 1. The van der Waals surface area contributed by atoms with Crippen molar-refractivity contribution in [1.82, 2.24) is 25.5 Å². The van der Waals surface area contributed by atoms with Crippen LogP contribution >= 0.6 is 11.8 Å². The summed E-state index contributed by atoms with van der Waals surface area (Å²) in [4.78, 5) is 72.6. The van der Waals surface area contributed by atoms with Gasteiger partial charge < -0.3 is 15.6 Å². The van der Waals surface area contributed by atoms with Crippen LogP contribution in [0.4, 0.5) is 0 Å². The van der Waals surface area contributed by atoms with Crippen molar-refractivity contribution in [2.24, 2.45) is 11.8 Å². The summed E-state index contributed by atoms with van der Waals surface area (Å²) >= 11 is 0.886. The number of H-pyrrole nitrogens is 1. The van der Waals surface area contributed by atoms with Gasteiger partial charge >= 0.3 is 0 Å². The maximum absolute atomic E-state index is 13.4. The molecule has 1 aliphatic heterocycles. The molecular formula is C29H39N5O5S. The fourth-order valence-corrected chi connectivity index (χ4v) is 5.60. The maximum atomic E-state index is 13.4. The highest BCUT2D eigenvalue weighted by Crippen LogP contribution is 2.25. The van der Waals surface area contributed by atoms with E-state index in [1.165, 1.54) is 11.8 Å². The van der Waals surface area contributed by atoms with Crippen molar-refractivity contribution >= 4 is 40.5 Å². The molecule has 0 saturated heterocycles. The first kappa shape index (κ1) is 31.1. The Balaban J connectivity index is 1.66. The van der Waals surface area contributed by atoms with Gasteiger partial charge in [-0.2, -0.15) is 0 Å². The molecule has 3 N–H and O–H groups in total. The van der Waals surface area contributed by atoms with Gasteiger partial charge in [0.2, 0.25) is 11.8 Å². The van der Waals surface area contributed by atoms with Crippen molar-refractivity contribution in [2.45, 2.75) is 77.6 Å². The van der Waals surface area contributed by atoms with Gasteiger partial charge in [-0.05, 0) is 49.7 Å². The number of benzene rings is 1. The van der Waals surface area contributed by atoms with Crippen LogP contribution in [0.25, 0.3) is 0 Å². The number of fused-ring (bicyclic) bond motifs is 1. The molecule has 1 aromatic heterocycles. The molecule has 2 heterocycles. The van der Waals surface area contributed by atoms with Crippen LogP contribution in [0, 0.1) is 11.8 Å². The molecule has 1 unspecified atom stereocenters. The molecule has 2 aromatic rings. The number of rotatable bonds is 14. The van der Waals surface area contributed by atoms with Gasteiger partial charge in [0.05, 0.1) is 22.4 Å². The number of carbonyl (C=O) groups excluding carboxylic acids is 5. The molecule has 3 atom stereocenters. The second kappa shape index (κ2) is 14.2. The Morgan fingerprint density at radius 2 is 1.57 bits per heavy atom. The summed E-state index contributed by atoms with van der Waals surface area (Å²) in [6.07, 6.45) is 5.00. The molecule has 0 radical (unpaired) electrons. The number of amides is 4. The average molecular weight is 570 g/mol. The lowest BCUT2D eigenvalue weighted by Gasteiger charge is -2.26. The highest BCUT2D eigenvalue weighted by molar-refractivity contribution is 8.14. The molecule has 0 spiro atoms. The first-order valence-electron chi connectivity index (χ1n) is 13.7. The van der Waals surface area contributed by atoms with E-state index in [0.29, 0.717) is 42.1 Å². The van der Waals surface area contributed by atoms with Crippen molar-refractivity contribution in [2.75, 3.05) is 6.54 Å². The first-order chi connectivity index (χ1) is 19.0. The third-order valence-corrected chi connectivity index (χ3v) is 7.61. The summed E-state index contributed by atoms with van der Waals surface area (Å²) in [7, 11) is 0. The van der Waals surface area contributed by atoms with Gasteiger partial charge in [-0.15, -0.1) is 0 Å². The van der Waals surface area contributed by atoms with Crippen molar-refractivity contribution in [3.8, 4) is 0 Å². The average Bonchev–Trinajstić information content (AvgIpc) is 3.50. The monoisotopic (exact) mass is 569 g/mol. The third-order valence-electron chi connectivity index (χ3n) is 6.54. The van der Waals surface area contributed by atoms with Gasteiger partial charge in [0.15, 0.2) is 5.12 Å². The molecule has 0 saturated carbocycles. The number of imide groups is 1. The number of nitrogens with one attached hydrogen (secondary N) is 3. The lowest BCUT2D eigenvalue weighted by Crippen LogP contribution is -2.50. The van der Waals surface area contributed by atoms with Crippen LogP contribution in [-0.4, -0.2) is 61.4 Å². The van der Waals surface area contributed by atoms with E-state index in [4.69, 9.17) is 0 Å². The van der Waals surface area contributed by atoms with Crippen molar-refractivity contribution < 1.29 is 24.0 Å². The number of imidazole rings is 1. The minimum atomic E-state index is -0.802. The van der Waals surface area contributed by atoms with E-state index in [2.05, 4.69) is 34.4 Å². The molecule has 1 aromatic carbocycles. The van der Waals surface area contributed by atoms with E-state index >= 15 is 0 Å². The highest BCUT2D eigenvalue weighted by atomic mass is 32.2. The Morgan fingerprint density at radius 3 is 2.10 bits per heavy atom. The van der Waals surface area contributed by atoms with Gasteiger partial charge in [0, 0.05) is 25.9 Å². The third kappa shape index (κ3) is 8.27. The predicted molar refractivity (Wildman–Crippen MR) is 153 cm³/mol.